The van der Waals surface area contributed by atoms with E-state index in [1.165, 1.54) is 12.1 Å². The SMILES string of the molecule is CC(=O)N1CCC2(CC1)Oc1ccccc1[C@@H]1CC(c3ccc(F)cc3)=NN12. The lowest BCUT2D eigenvalue weighted by molar-refractivity contribution is -0.158. The van der Waals surface area contributed by atoms with Gasteiger partial charge in [0.25, 0.3) is 0 Å². The molecule has 3 aliphatic rings. The summed E-state index contributed by atoms with van der Waals surface area (Å²) in [5.74, 6) is 0.747. The Hall–Kier alpha value is -2.89. The number of rotatable bonds is 1. The second kappa shape index (κ2) is 6.33. The molecule has 1 saturated heterocycles. The number of ether oxygens (including phenoxy) is 1. The van der Waals surface area contributed by atoms with Crippen molar-refractivity contribution in [2.24, 2.45) is 5.10 Å². The van der Waals surface area contributed by atoms with Gasteiger partial charge < -0.3 is 9.64 Å². The van der Waals surface area contributed by atoms with Crippen LogP contribution in [0.4, 0.5) is 4.39 Å². The highest BCUT2D eigenvalue weighted by Crippen LogP contribution is 2.49. The van der Waals surface area contributed by atoms with E-state index in [4.69, 9.17) is 9.84 Å². The van der Waals surface area contributed by atoms with Crippen molar-refractivity contribution in [2.45, 2.75) is 38.0 Å². The second-order valence-electron chi connectivity index (χ2n) is 7.71. The molecule has 1 spiro atoms. The van der Waals surface area contributed by atoms with Gasteiger partial charge in [0.05, 0.1) is 11.8 Å². The van der Waals surface area contributed by atoms with Crippen molar-refractivity contribution < 1.29 is 13.9 Å². The topological polar surface area (TPSA) is 45.1 Å². The minimum atomic E-state index is -0.549. The van der Waals surface area contributed by atoms with Gasteiger partial charge in [-0.25, -0.2) is 9.40 Å². The van der Waals surface area contributed by atoms with Crippen molar-refractivity contribution in [1.29, 1.82) is 0 Å². The first-order valence-corrected chi connectivity index (χ1v) is 9.72. The molecule has 1 atom stereocenters. The maximum atomic E-state index is 13.4. The molecule has 6 heteroatoms. The number of likely N-dealkylation sites (tertiary alicyclic amines) is 1. The van der Waals surface area contributed by atoms with Gasteiger partial charge in [0.2, 0.25) is 11.6 Å². The lowest BCUT2D eigenvalue weighted by atomic mass is 9.90. The number of fused-ring (bicyclic) bond motifs is 4. The van der Waals surface area contributed by atoms with Crippen LogP contribution in [0.3, 0.4) is 0 Å². The second-order valence-corrected chi connectivity index (χ2v) is 7.71. The van der Waals surface area contributed by atoms with Crippen LogP contribution < -0.4 is 4.74 Å². The van der Waals surface area contributed by atoms with Crippen LogP contribution in [0.25, 0.3) is 0 Å². The Morgan fingerprint density at radius 1 is 1.14 bits per heavy atom. The van der Waals surface area contributed by atoms with Crippen LogP contribution in [0.15, 0.2) is 53.6 Å². The fourth-order valence-corrected chi connectivity index (χ4v) is 4.55. The molecule has 0 N–H and O–H groups in total. The molecular weight excluding hydrogens is 357 g/mol. The first-order valence-electron chi connectivity index (χ1n) is 9.72. The van der Waals surface area contributed by atoms with E-state index in [9.17, 15) is 9.18 Å². The Kier molecular flexibility index (Phi) is 3.89. The smallest absolute Gasteiger partial charge is 0.219 e. The van der Waals surface area contributed by atoms with Crippen LogP contribution in [0.5, 0.6) is 5.75 Å². The zero-order valence-corrected chi connectivity index (χ0v) is 15.8. The summed E-state index contributed by atoms with van der Waals surface area (Å²) in [6.45, 7) is 2.92. The number of piperidine rings is 1. The average Bonchev–Trinajstić information content (AvgIpc) is 3.16. The number of hydrogen-bond acceptors (Lipinski definition) is 4. The quantitative estimate of drug-likeness (QED) is 0.759. The molecule has 0 aromatic heterocycles. The summed E-state index contributed by atoms with van der Waals surface area (Å²) in [7, 11) is 0. The molecule has 28 heavy (non-hydrogen) atoms. The Balaban J connectivity index is 1.53. The monoisotopic (exact) mass is 379 g/mol. The van der Waals surface area contributed by atoms with Crippen LogP contribution in [-0.4, -0.2) is 40.3 Å². The molecule has 0 unspecified atom stereocenters. The van der Waals surface area contributed by atoms with Crippen molar-refractivity contribution in [3.05, 3.63) is 65.5 Å². The maximum Gasteiger partial charge on any atom is 0.219 e. The molecular formula is C22H22FN3O2. The van der Waals surface area contributed by atoms with Crippen molar-refractivity contribution in [3.8, 4) is 5.75 Å². The van der Waals surface area contributed by atoms with E-state index in [0.29, 0.717) is 25.9 Å². The number of amides is 1. The van der Waals surface area contributed by atoms with Gasteiger partial charge in [0, 0.05) is 44.8 Å². The standard InChI is InChI=1S/C22H22FN3O2/c1-15(27)25-12-10-22(11-13-25)26-20(18-4-2-3-5-21(18)28-22)14-19(24-26)16-6-8-17(23)9-7-16/h2-9,20H,10-14H2,1H3/t20-/m0/s1. The Morgan fingerprint density at radius 3 is 2.57 bits per heavy atom. The van der Waals surface area contributed by atoms with Crippen molar-refractivity contribution in [3.63, 3.8) is 0 Å². The first kappa shape index (κ1) is 17.2. The zero-order chi connectivity index (χ0) is 19.3. The van der Waals surface area contributed by atoms with Crippen LogP contribution >= 0.6 is 0 Å². The number of carbonyl (C=O) groups excluding carboxylic acids is 1. The fourth-order valence-electron chi connectivity index (χ4n) is 4.55. The summed E-state index contributed by atoms with van der Waals surface area (Å²) in [5, 5.41) is 7.06. The number of carbonyl (C=O) groups is 1. The highest BCUT2D eigenvalue weighted by Gasteiger charge is 2.51. The van der Waals surface area contributed by atoms with E-state index in [0.717, 1.165) is 29.0 Å². The number of benzene rings is 2. The third-order valence-corrected chi connectivity index (χ3v) is 6.07. The van der Waals surface area contributed by atoms with E-state index in [1.54, 1.807) is 19.1 Å². The minimum Gasteiger partial charge on any atom is -0.466 e. The molecule has 2 aromatic carbocycles. The highest BCUT2D eigenvalue weighted by atomic mass is 19.1. The number of hydrazone groups is 1. The summed E-state index contributed by atoms with van der Waals surface area (Å²) in [6, 6.07) is 14.7. The van der Waals surface area contributed by atoms with Crippen LogP contribution in [-0.2, 0) is 4.79 Å². The molecule has 5 rings (SSSR count). The summed E-state index contributed by atoms with van der Waals surface area (Å²) >= 11 is 0. The Labute approximate surface area is 163 Å². The molecule has 144 valence electrons. The molecule has 3 aliphatic heterocycles. The lowest BCUT2D eigenvalue weighted by Gasteiger charge is -2.51. The van der Waals surface area contributed by atoms with Gasteiger partial charge in [-0.15, -0.1) is 0 Å². The third kappa shape index (κ3) is 2.66. The molecule has 0 aliphatic carbocycles. The van der Waals surface area contributed by atoms with E-state index in [1.807, 2.05) is 23.1 Å². The number of halogens is 1. The molecule has 0 radical (unpaired) electrons. The molecule has 5 nitrogen and oxygen atoms in total. The molecule has 3 heterocycles. The third-order valence-electron chi connectivity index (χ3n) is 6.07. The zero-order valence-electron chi connectivity index (χ0n) is 15.8. The molecule has 1 fully saturated rings. The van der Waals surface area contributed by atoms with Gasteiger partial charge in [-0.2, -0.15) is 5.10 Å². The molecule has 0 saturated carbocycles. The molecule has 0 bridgehead atoms. The summed E-state index contributed by atoms with van der Waals surface area (Å²) < 4.78 is 19.9. The van der Waals surface area contributed by atoms with Gasteiger partial charge in [0.1, 0.15) is 11.6 Å². The minimum absolute atomic E-state index is 0.0916. The van der Waals surface area contributed by atoms with E-state index < -0.39 is 5.72 Å². The van der Waals surface area contributed by atoms with Crippen molar-refractivity contribution in [1.82, 2.24) is 9.91 Å². The van der Waals surface area contributed by atoms with E-state index in [2.05, 4.69) is 11.1 Å². The normalized spacial score (nSPS) is 22.4. The molecule has 2 aromatic rings. The van der Waals surface area contributed by atoms with Gasteiger partial charge >= 0.3 is 0 Å². The van der Waals surface area contributed by atoms with Gasteiger partial charge in [-0.1, -0.05) is 30.3 Å². The first-order chi connectivity index (χ1) is 13.6. The van der Waals surface area contributed by atoms with Gasteiger partial charge in [-0.05, 0) is 23.8 Å². The average molecular weight is 379 g/mol. The largest absolute Gasteiger partial charge is 0.466 e. The predicted octanol–water partition coefficient (Wildman–Crippen LogP) is 3.71. The number of hydrogen-bond donors (Lipinski definition) is 0. The van der Waals surface area contributed by atoms with E-state index >= 15 is 0 Å². The van der Waals surface area contributed by atoms with Crippen molar-refractivity contribution >= 4 is 11.6 Å². The summed E-state index contributed by atoms with van der Waals surface area (Å²) in [4.78, 5) is 13.6. The van der Waals surface area contributed by atoms with Crippen LogP contribution in [0.2, 0.25) is 0 Å². The highest BCUT2D eigenvalue weighted by molar-refractivity contribution is 6.02. The maximum absolute atomic E-state index is 13.4. The lowest BCUT2D eigenvalue weighted by Crippen LogP contribution is -2.59. The van der Waals surface area contributed by atoms with Gasteiger partial charge in [0.15, 0.2) is 0 Å². The van der Waals surface area contributed by atoms with E-state index in [-0.39, 0.29) is 17.8 Å². The van der Waals surface area contributed by atoms with Crippen LogP contribution in [0.1, 0.15) is 43.4 Å². The molecule has 1 amide bonds. The number of nitrogens with zero attached hydrogens (tertiary/aromatic N) is 3. The Bertz CT molecular complexity index is 949. The Morgan fingerprint density at radius 2 is 1.86 bits per heavy atom. The summed E-state index contributed by atoms with van der Waals surface area (Å²) in [6.07, 6.45) is 2.17. The number of para-hydroxylation sites is 1. The van der Waals surface area contributed by atoms with Crippen LogP contribution in [0, 0.1) is 5.82 Å². The van der Waals surface area contributed by atoms with Crippen molar-refractivity contribution in [2.75, 3.05) is 13.1 Å². The summed E-state index contributed by atoms with van der Waals surface area (Å²) in [5.41, 5.74) is 2.46. The fraction of sp³-hybridized carbons (Fsp3) is 0.364. The predicted molar refractivity (Wildman–Crippen MR) is 103 cm³/mol. The van der Waals surface area contributed by atoms with Gasteiger partial charge in [-0.3, -0.25) is 4.79 Å².